The van der Waals surface area contributed by atoms with Gasteiger partial charge in [0.1, 0.15) is 0 Å². The van der Waals surface area contributed by atoms with E-state index in [4.69, 9.17) is 10.8 Å². The second kappa shape index (κ2) is 6.57. The zero-order valence-electron chi connectivity index (χ0n) is 12.1. The number of carboxylic acid groups (broad SMARTS) is 1. The van der Waals surface area contributed by atoms with E-state index in [0.717, 1.165) is 45.1 Å². The first kappa shape index (κ1) is 15.3. The molecule has 1 aliphatic heterocycles. The molecule has 1 unspecified atom stereocenters. The van der Waals surface area contributed by atoms with Crippen molar-refractivity contribution in [2.24, 2.45) is 11.7 Å². The predicted octanol–water partition coefficient (Wildman–Crippen LogP) is 1.75. The van der Waals surface area contributed by atoms with Crippen molar-refractivity contribution >= 4 is 11.9 Å². The Morgan fingerprint density at radius 3 is 2.55 bits per heavy atom. The summed E-state index contributed by atoms with van der Waals surface area (Å²) in [5, 5.41) is 8.76. The number of carbonyl (C=O) groups excluding carboxylic acids is 1. The van der Waals surface area contributed by atoms with Crippen molar-refractivity contribution in [1.82, 2.24) is 4.90 Å². The molecule has 0 aromatic rings. The highest BCUT2D eigenvalue weighted by Gasteiger charge is 2.39. The fraction of sp³-hybridized carbons (Fsp3) is 0.867. The minimum absolute atomic E-state index is 0.0947. The zero-order valence-corrected chi connectivity index (χ0v) is 12.1. The molecular weight excluding hydrogens is 256 g/mol. The van der Waals surface area contributed by atoms with E-state index in [1.807, 2.05) is 4.90 Å². The number of amides is 1. The summed E-state index contributed by atoms with van der Waals surface area (Å²) in [6.45, 7) is 1.46. The Labute approximate surface area is 120 Å². The fourth-order valence-corrected chi connectivity index (χ4v) is 3.52. The van der Waals surface area contributed by atoms with Gasteiger partial charge >= 0.3 is 5.97 Å². The van der Waals surface area contributed by atoms with Crippen LogP contribution in [0.4, 0.5) is 0 Å². The SMILES string of the molecule is NC1(C(=O)N2CCCC(CCC(=O)O)C2)CCCCC1. The van der Waals surface area contributed by atoms with Gasteiger partial charge in [-0.2, -0.15) is 0 Å². The topological polar surface area (TPSA) is 83.6 Å². The van der Waals surface area contributed by atoms with E-state index < -0.39 is 11.5 Å². The fourth-order valence-electron chi connectivity index (χ4n) is 3.52. The van der Waals surface area contributed by atoms with Gasteiger partial charge in [0, 0.05) is 19.5 Å². The molecular formula is C15H26N2O3. The largest absolute Gasteiger partial charge is 0.481 e. The smallest absolute Gasteiger partial charge is 0.303 e. The third kappa shape index (κ3) is 3.72. The van der Waals surface area contributed by atoms with E-state index in [2.05, 4.69) is 0 Å². The minimum atomic E-state index is -0.754. The highest BCUT2D eigenvalue weighted by Crippen LogP contribution is 2.30. The van der Waals surface area contributed by atoms with Crippen LogP contribution in [0.1, 0.15) is 57.8 Å². The Morgan fingerprint density at radius 2 is 1.90 bits per heavy atom. The van der Waals surface area contributed by atoms with Crippen molar-refractivity contribution in [3.05, 3.63) is 0 Å². The van der Waals surface area contributed by atoms with Crippen molar-refractivity contribution < 1.29 is 14.7 Å². The summed E-state index contributed by atoms with van der Waals surface area (Å²) >= 11 is 0. The van der Waals surface area contributed by atoms with Crippen LogP contribution in [0.15, 0.2) is 0 Å². The van der Waals surface area contributed by atoms with Crippen LogP contribution in [0, 0.1) is 5.92 Å². The third-order valence-electron chi connectivity index (χ3n) is 4.74. The molecule has 1 aliphatic carbocycles. The van der Waals surface area contributed by atoms with Crippen LogP contribution in [0.25, 0.3) is 0 Å². The van der Waals surface area contributed by atoms with Crippen LogP contribution in [-0.2, 0) is 9.59 Å². The van der Waals surface area contributed by atoms with Crippen molar-refractivity contribution in [2.45, 2.75) is 63.3 Å². The molecule has 3 N–H and O–H groups in total. The quantitative estimate of drug-likeness (QED) is 0.823. The summed E-state index contributed by atoms with van der Waals surface area (Å²) in [5.74, 6) is -0.343. The average Bonchev–Trinajstić information content (AvgIpc) is 2.45. The zero-order chi connectivity index (χ0) is 14.6. The van der Waals surface area contributed by atoms with Crippen LogP contribution >= 0.6 is 0 Å². The number of piperidine rings is 1. The van der Waals surface area contributed by atoms with Crippen molar-refractivity contribution in [3.63, 3.8) is 0 Å². The molecule has 5 heteroatoms. The number of aliphatic carboxylic acids is 1. The maximum absolute atomic E-state index is 12.6. The van der Waals surface area contributed by atoms with E-state index in [9.17, 15) is 9.59 Å². The first-order valence-corrected chi connectivity index (χ1v) is 7.81. The molecule has 0 spiro atoms. The van der Waals surface area contributed by atoms with Gasteiger partial charge in [-0.05, 0) is 38.0 Å². The first-order chi connectivity index (χ1) is 9.51. The van der Waals surface area contributed by atoms with Crippen molar-refractivity contribution in [2.75, 3.05) is 13.1 Å². The lowest BCUT2D eigenvalue weighted by Crippen LogP contribution is -2.58. The number of nitrogens with two attached hydrogens (primary N) is 1. The molecule has 1 saturated carbocycles. The lowest BCUT2D eigenvalue weighted by Gasteiger charge is -2.40. The van der Waals surface area contributed by atoms with Crippen LogP contribution in [0.2, 0.25) is 0 Å². The van der Waals surface area contributed by atoms with E-state index in [0.29, 0.717) is 18.9 Å². The van der Waals surface area contributed by atoms with Gasteiger partial charge in [-0.3, -0.25) is 9.59 Å². The molecule has 0 aromatic carbocycles. The van der Waals surface area contributed by atoms with Gasteiger partial charge in [-0.1, -0.05) is 19.3 Å². The molecule has 0 bridgehead atoms. The summed E-state index contributed by atoms with van der Waals surface area (Å²) in [5.41, 5.74) is 5.66. The van der Waals surface area contributed by atoms with Crippen LogP contribution < -0.4 is 5.73 Å². The Kier molecular flexibility index (Phi) is 5.02. The van der Waals surface area contributed by atoms with Gasteiger partial charge < -0.3 is 15.7 Å². The minimum Gasteiger partial charge on any atom is -0.481 e. The van der Waals surface area contributed by atoms with E-state index in [-0.39, 0.29) is 12.3 Å². The lowest BCUT2D eigenvalue weighted by molar-refractivity contribution is -0.140. The molecule has 2 aliphatic rings. The molecule has 2 fully saturated rings. The second-order valence-electron chi connectivity index (χ2n) is 6.41. The lowest BCUT2D eigenvalue weighted by atomic mass is 9.80. The van der Waals surface area contributed by atoms with Crippen molar-refractivity contribution in [3.8, 4) is 0 Å². The monoisotopic (exact) mass is 282 g/mol. The Morgan fingerprint density at radius 1 is 1.20 bits per heavy atom. The molecule has 1 amide bonds. The van der Waals surface area contributed by atoms with Gasteiger partial charge in [-0.25, -0.2) is 0 Å². The van der Waals surface area contributed by atoms with E-state index in [1.54, 1.807) is 0 Å². The molecule has 2 rings (SSSR count). The van der Waals surface area contributed by atoms with Gasteiger partial charge in [0.2, 0.25) is 5.91 Å². The van der Waals surface area contributed by atoms with Gasteiger partial charge in [0.15, 0.2) is 0 Å². The molecule has 0 aromatic heterocycles. The average molecular weight is 282 g/mol. The molecule has 20 heavy (non-hydrogen) atoms. The number of hydrogen-bond acceptors (Lipinski definition) is 3. The second-order valence-corrected chi connectivity index (χ2v) is 6.41. The molecule has 114 valence electrons. The van der Waals surface area contributed by atoms with Gasteiger partial charge in [-0.15, -0.1) is 0 Å². The Hall–Kier alpha value is -1.10. The number of likely N-dealkylation sites (tertiary alicyclic amines) is 1. The Balaban J connectivity index is 1.90. The van der Waals surface area contributed by atoms with Crippen molar-refractivity contribution in [1.29, 1.82) is 0 Å². The molecule has 1 atom stereocenters. The number of carbonyl (C=O) groups is 2. The number of nitrogens with zero attached hydrogens (tertiary/aromatic N) is 1. The van der Waals surface area contributed by atoms with Gasteiger partial charge in [0.05, 0.1) is 5.54 Å². The molecule has 1 saturated heterocycles. The molecule has 0 radical (unpaired) electrons. The maximum atomic E-state index is 12.6. The summed E-state index contributed by atoms with van der Waals surface area (Å²) in [6, 6.07) is 0. The summed E-state index contributed by atoms with van der Waals surface area (Å²) in [4.78, 5) is 25.2. The number of hydrogen-bond donors (Lipinski definition) is 2. The number of carboxylic acids is 1. The normalized spacial score (nSPS) is 26.2. The van der Waals surface area contributed by atoms with E-state index >= 15 is 0 Å². The molecule has 1 heterocycles. The standard InChI is InChI=1S/C15H26N2O3/c16-15(8-2-1-3-9-15)14(20)17-10-4-5-12(11-17)6-7-13(18)19/h12H,1-11,16H2,(H,18,19). The first-order valence-electron chi connectivity index (χ1n) is 7.81. The summed E-state index contributed by atoms with van der Waals surface area (Å²) in [7, 11) is 0. The summed E-state index contributed by atoms with van der Waals surface area (Å²) < 4.78 is 0. The Bertz CT molecular complexity index is 364. The third-order valence-corrected chi connectivity index (χ3v) is 4.74. The maximum Gasteiger partial charge on any atom is 0.303 e. The predicted molar refractivity (Wildman–Crippen MR) is 76.2 cm³/mol. The van der Waals surface area contributed by atoms with E-state index in [1.165, 1.54) is 6.42 Å². The van der Waals surface area contributed by atoms with Crippen LogP contribution in [-0.4, -0.2) is 40.5 Å². The number of rotatable bonds is 4. The van der Waals surface area contributed by atoms with Gasteiger partial charge in [0.25, 0.3) is 0 Å². The van der Waals surface area contributed by atoms with Crippen LogP contribution in [0.3, 0.4) is 0 Å². The van der Waals surface area contributed by atoms with Crippen LogP contribution in [0.5, 0.6) is 0 Å². The highest BCUT2D eigenvalue weighted by atomic mass is 16.4. The highest BCUT2D eigenvalue weighted by molar-refractivity contribution is 5.86. The molecule has 5 nitrogen and oxygen atoms in total. The summed E-state index contributed by atoms with van der Waals surface area (Å²) in [6.07, 6.45) is 7.69.